The molecule has 84 heavy (non-hydrogen) atoms. The van der Waals surface area contributed by atoms with Crippen LogP contribution in [-0.4, -0.2) is 105 Å². The van der Waals surface area contributed by atoms with E-state index in [0.717, 1.165) is 0 Å². The molecule has 3 amide bonds. The van der Waals surface area contributed by atoms with Crippen LogP contribution in [0.1, 0.15) is 139 Å². The van der Waals surface area contributed by atoms with Gasteiger partial charge in [-0.25, -0.2) is 19.2 Å². The molecule has 0 atom stereocenters. The Bertz CT molecular complexity index is 3410. The molecule has 0 bridgehead atoms. The second kappa shape index (κ2) is 28.7. The average Bonchev–Trinajstić information content (AvgIpc) is 1.54. The van der Waals surface area contributed by atoms with Crippen molar-refractivity contribution in [1.29, 1.82) is 0 Å². The smallest absolute Gasteiger partial charge is 0.407 e. The minimum absolute atomic E-state index is 0.00548. The van der Waals surface area contributed by atoms with Crippen LogP contribution in [0.5, 0.6) is 40.2 Å². The van der Waals surface area contributed by atoms with Gasteiger partial charge in [-0.15, -0.1) is 0 Å². The molecule has 0 aliphatic carbocycles. The molecule has 0 unspecified atom stereocenters. The Morgan fingerprint density at radius 3 is 1.40 bits per heavy atom. The predicted molar refractivity (Wildman–Crippen MR) is 315 cm³/mol. The molecule has 0 aliphatic heterocycles. The molecule has 0 radical (unpaired) electrons. The first kappa shape index (κ1) is 64.7. The summed E-state index contributed by atoms with van der Waals surface area (Å²) in [7, 11) is 5.71. The molecular weight excluding hydrogens is 1090 g/mol. The van der Waals surface area contributed by atoms with Crippen LogP contribution in [0, 0.1) is 0 Å². The van der Waals surface area contributed by atoms with Gasteiger partial charge in [-0.3, -0.25) is 14.4 Å². The van der Waals surface area contributed by atoms with Crippen molar-refractivity contribution in [2.45, 2.75) is 156 Å². The van der Waals surface area contributed by atoms with Crippen LogP contribution in [0.15, 0.2) is 57.9 Å². The van der Waals surface area contributed by atoms with Gasteiger partial charge in [0.05, 0.1) is 34.0 Å². The molecule has 3 N–H and O–H groups in total. The second-order valence-electron chi connectivity index (χ2n) is 22.9. The number of fused-ring (bicyclic) bond motifs is 7. The summed E-state index contributed by atoms with van der Waals surface area (Å²) in [5.41, 5.74) is -1.10. The van der Waals surface area contributed by atoms with Crippen molar-refractivity contribution in [2.24, 2.45) is 0 Å². The number of nitrogens with one attached hydrogen (secondary N) is 3. The Balaban J connectivity index is 1.38. The maximum absolute atomic E-state index is 14.6. The van der Waals surface area contributed by atoms with Gasteiger partial charge in [-0.05, 0) is 137 Å². The number of nitrogens with zero attached hydrogens (tertiary/aromatic N) is 1. The number of benzene rings is 3. The third-order valence-electron chi connectivity index (χ3n) is 12.7. The monoisotopic (exact) mass is 1170 g/mol. The van der Waals surface area contributed by atoms with Crippen LogP contribution in [0.3, 0.4) is 0 Å². The maximum Gasteiger partial charge on any atom is 0.407 e. The Morgan fingerprint density at radius 2 is 0.929 bits per heavy atom. The Labute approximate surface area is 488 Å². The van der Waals surface area contributed by atoms with E-state index in [0.29, 0.717) is 116 Å². The number of pyridine rings is 1. The van der Waals surface area contributed by atoms with Gasteiger partial charge in [-0.2, -0.15) is 0 Å². The summed E-state index contributed by atoms with van der Waals surface area (Å²) in [4.78, 5) is 91.2. The van der Waals surface area contributed by atoms with E-state index in [1.165, 1.54) is 34.5 Å². The first-order chi connectivity index (χ1) is 39.7. The highest BCUT2D eigenvalue weighted by Gasteiger charge is 2.29. The number of hydrogen-bond donors (Lipinski definition) is 3. The van der Waals surface area contributed by atoms with Crippen molar-refractivity contribution >= 4 is 74.3 Å². The number of amides is 3. The van der Waals surface area contributed by atoms with E-state index in [1.54, 1.807) is 109 Å². The quantitative estimate of drug-likeness (QED) is 0.0150. The molecule has 3 heterocycles. The van der Waals surface area contributed by atoms with Gasteiger partial charge in [0.2, 0.25) is 5.75 Å². The van der Waals surface area contributed by atoms with Gasteiger partial charge in [0.25, 0.3) is 0 Å². The fourth-order valence-electron chi connectivity index (χ4n) is 9.19. The average molecular weight is 1170 g/mol. The van der Waals surface area contributed by atoms with E-state index in [2.05, 4.69) is 16.0 Å². The lowest BCUT2D eigenvalue weighted by molar-refractivity contribution is -0.135. The number of esters is 3. The van der Waals surface area contributed by atoms with Crippen molar-refractivity contribution in [3.05, 3.63) is 59.1 Å². The maximum atomic E-state index is 14.6. The second-order valence-corrected chi connectivity index (χ2v) is 22.9. The Hall–Kier alpha value is -8.43. The number of carbonyl (C=O) groups is 6. The number of ether oxygens (including phenoxy) is 10. The molecular formula is C62H80N4O18. The third kappa shape index (κ3) is 17.8. The molecule has 22 nitrogen and oxygen atoms in total. The van der Waals surface area contributed by atoms with Crippen LogP contribution in [0.2, 0.25) is 0 Å². The third-order valence-corrected chi connectivity index (χ3v) is 12.7. The summed E-state index contributed by atoms with van der Waals surface area (Å²) in [6, 6.07) is 11.4. The predicted octanol–water partition coefficient (Wildman–Crippen LogP) is 12.0. The fourth-order valence-corrected chi connectivity index (χ4v) is 9.19. The lowest BCUT2D eigenvalue weighted by Crippen LogP contribution is -2.33. The molecule has 6 aromatic rings. The summed E-state index contributed by atoms with van der Waals surface area (Å²) in [5.74, 6) is -0.764. The van der Waals surface area contributed by atoms with Gasteiger partial charge < -0.3 is 72.1 Å². The van der Waals surface area contributed by atoms with Crippen molar-refractivity contribution in [2.75, 3.05) is 48.1 Å². The molecule has 0 fully saturated rings. The molecule has 3 aromatic heterocycles. The zero-order valence-electron chi connectivity index (χ0n) is 50.5. The van der Waals surface area contributed by atoms with Crippen LogP contribution >= 0.6 is 0 Å². The van der Waals surface area contributed by atoms with Crippen molar-refractivity contribution in [1.82, 2.24) is 20.4 Å². The molecule has 3 aromatic carbocycles. The van der Waals surface area contributed by atoms with E-state index in [4.69, 9.17) is 51.8 Å². The minimum Gasteiger partial charge on any atom is -0.493 e. The van der Waals surface area contributed by atoms with Gasteiger partial charge in [-0.1, -0.05) is 25.3 Å². The summed E-state index contributed by atoms with van der Waals surface area (Å²) in [6.07, 6.45) is 5.29. The number of rotatable bonds is 26. The first-order valence-corrected chi connectivity index (χ1v) is 28.2. The van der Waals surface area contributed by atoms with Crippen LogP contribution in [0.4, 0.5) is 14.4 Å². The number of aromatic nitrogens is 1. The molecule has 0 saturated carbocycles. The lowest BCUT2D eigenvalue weighted by atomic mass is 9.97. The van der Waals surface area contributed by atoms with Gasteiger partial charge >= 0.3 is 41.8 Å². The summed E-state index contributed by atoms with van der Waals surface area (Å²) in [5, 5.41) is 9.79. The van der Waals surface area contributed by atoms with E-state index in [9.17, 15) is 33.6 Å². The lowest BCUT2D eigenvalue weighted by Gasteiger charge is -2.19. The van der Waals surface area contributed by atoms with Crippen LogP contribution in [0.25, 0.3) is 49.3 Å². The molecule has 456 valence electrons. The van der Waals surface area contributed by atoms with Gasteiger partial charge in [0.1, 0.15) is 27.9 Å². The van der Waals surface area contributed by atoms with Gasteiger partial charge in [0.15, 0.2) is 34.5 Å². The summed E-state index contributed by atoms with van der Waals surface area (Å²) < 4.78 is 64.9. The number of carbonyl (C=O) groups excluding carboxylic acids is 6. The van der Waals surface area contributed by atoms with E-state index >= 15 is 0 Å². The minimum atomic E-state index is -0.757. The standard InChI is InChI=1S/C62H80N4O18/c1-60(2,3)82-57(71)63-29-20-14-17-23-47(67)78-41-27-26-37(33-43(41)74-10)50-51-40-35-44(75-11)45(79-48(68)24-18-15-21-30-64-58(72)83-61(4,5)6)36-42(40)80-56(70)53(51)66-32-28-38-39(52(50)66)34-46(76-12)55(77-13)54(38)81-49(69)25-19-16-22-31-65-59(73)84-62(7,8)9/h26-28,32-36H,14-25,29-31H2,1-13H3,(H,63,71)(H,64,72)(H,65,73). The molecule has 6 rings (SSSR count). The SMILES string of the molecule is COc1cc(-c2c3c4cc(OC)c(OC(=O)CCCCCNC(=O)OC(C)(C)C)cc4oc(=O)c3n3ccc4c(OC(=O)CCCCCNC(=O)OC(C)(C)C)c(OC)c(OC)cc4c23)ccc1OC(=O)CCCCCNC(=O)OC(C)(C)C. The summed E-state index contributed by atoms with van der Waals surface area (Å²) in [6.45, 7) is 17.1. The summed E-state index contributed by atoms with van der Waals surface area (Å²) >= 11 is 0. The highest BCUT2D eigenvalue weighted by Crippen LogP contribution is 2.50. The molecule has 0 aliphatic rings. The van der Waals surface area contributed by atoms with Crippen LogP contribution in [-0.2, 0) is 28.6 Å². The number of unbranched alkanes of at least 4 members (excludes halogenated alkanes) is 6. The fraction of sp³-hybridized carbons (Fsp3) is 0.500. The van der Waals surface area contributed by atoms with E-state index in [1.807, 2.05) is 0 Å². The topological polar surface area (TPSA) is 265 Å². The largest absolute Gasteiger partial charge is 0.493 e. The van der Waals surface area contributed by atoms with Crippen LogP contribution < -0.4 is 54.7 Å². The number of methoxy groups -OCH3 is 4. The zero-order valence-corrected chi connectivity index (χ0v) is 50.5. The Kier molecular flexibility index (Phi) is 22.1. The molecule has 0 saturated heterocycles. The van der Waals surface area contributed by atoms with Crippen molar-refractivity contribution < 1.29 is 80.6 Å². The van der Waals surface area contributed by atoms with E-state index < -0.39 is 58.6 Å². The van der Waals surface area contributed by atoms with Gasteiger partial charge in [0, 0.05) is 78.3 Å². The van der Waals surface area contributed by atoms with Crippen molar-refractivity contribution in [3.63, 3.8) is 0 Å². The molecule has 0 spiro atoms. The van der Waals surface area contributed by atoms with Crippen molar-refractivity contribution in [3.8, 4) is 51.4 Å². The van der Waals surface area contributed by atoms with E-state index in [-0.39, 0.29) is 70.6 Å². The normalized spacial score (nSPS) is 11.7. The number of hydrogen-bond acceptors (Lipinski definition) is 18. The zero-order chi connectivity index (χ0) is 61.5. The highest BCUT2D eigenvalue weighted by atomic mass is 16.6. The Morgan fingerprint density at radius 1 is 0.464 bits per heavy atom. The molecule has 22 heteroatoms. The first-order valence-electron chi connectivity index (χ1n) is 28.2. The highest BCUT2D eigenvalue weighted by molar-refractivity contribution is 6.22. The number of alkyl carbamates (subject to hydrolysis) is 3.